The van der Waals surface area contributed by atoms with E-state index in [9.17, 15) is 13.2 Å². The zero-order valence-electron chi connectivity index (χ0n) is 14.3. The van der Waals surface area contributed by atoms with Gasteiger partial charge in [0.25, 0.3) is 0 Å². The Bertz CT molecular complexity index is 736. The molecule has 0 radical (unpaired) electrons. The highest BCUT2D eigenvalue weighted by atomic mass is 32.2. The van der Waals surface area contributed by atoms with Crippen LogP contribution >= 0.6 is 11.8 Å². The molecule has 1 saturated carbocycles. The van der Waals surface area contributed by atoms with Crippen LogP contribution in [0.1, 0.15) is 30.8 Å². The second kappa shape index (κ2) is 7.97. The molecule has 2 atom stereocenters. The van der Waals surface area contributed by atoms with Crippen LogP contribution in [0.2, 0.25) is 0 Å². The lowest BCUT2D eigenvalue weighted by molar-refractivity contribution is -0.116. The van der Waals surface area contributed by atoms with Gasteiger partial charge in [0.15, 0.2) is 0 Å². The average molecular weight is 385 g/mol. The zero-order chi connectivity index (χ0) is 17.9. The van der Waals surface area contributed by atoms with E-state index in [1.54, 1.807) is 17.8 Å². The summed E-state index contributed by atoms with van der Waals surface area (Å²) in [5.74, 6) is 4.07. The lowest BCUT2D eigenvalue weighted by Crippen LogP contribution is -2.41. The highest BCUT2D eigenvalue weighted by Gasteiger charge is 2.36. The Balaban J connectivity index is 1.42. The van der Waals surface area contributed by atoms with Gasteiger partial charge in [-0.25, -0.2) is 12.7 Å². The topological polar surface area (TPSA) is 79.6 Å². The third-order valence-electron chi connectivity index (χ3n) is 4.54. The van der Waals surface area contributed by atoms with E-state index >= 15 is 0 Å². The standard InChI is InChI=1S/C17H24N2O4S2/c1-13-12-15(13)16-4-2-14(23-16)3-5-17(20)18-6-11-25(21,22)19-7-9-24-10-8-19/h2-5,13,15H,6-12H2,1H3,(H,18,20). The number of nitrogens with zero attached hydrogens (tertiary/aromatic N) is 1. The SMILES string of the molecule is CC1CC1c1ccc(C=CC(=O)NCCS(=O)(=O)N2CCSCC2)o1. The largest absolute Gasteiger partial charge is 0.461 e. The second-order valence-corrected chi connectivity index (χ2v) is 9.82. The van der Waals surface area contributed by atoms with Crippen LogP contribution in [0, 0.1) is 5.92 Å². The Hall–Kier alpha value is -1.25. The Kier molecular flexibility index (Phi) is 5.91. The zero-order valence-corrected chi connectivity index (χ0v) is 15.9. The van der Waals surface area contributed by atoms with Gasteiger partial charge < -0.3 is 9.73 Å². The minimum Gasteiger partial charge on any atom is -0.461 e. The van der Waals surface area contributed by atoms with E-state index in [2.05, 4.69) is 12.2 Å². The maximum Gasteiger partial charge on any atom is 0.244 e. The van der Waals surface area contributed by atoms with Crippen LogP contribution in [-0.2, 0) is 14.8 Å². The molecule has 1 N–H and O–H groups in total. The highest BCUT2D eigenvalue weighted by molar-refractivity contribution is 7.99. The fourth-order valence-corrected chi connectivity index (χ4v) is 5.34. The van der Waals surface area contributed by atoms with Crippen molar-refractivity contribution in [3.63, 3.8) is 0 Å². The molecule has 25 heavy (non-hydrogen) atoms. The Morgan fingerprint density at radius 3 is 2.80 bits per heavy atom. The monoisotopic (exact) mass is 384 g/mol. The third kappa shape index (κ3) is 5.12. The van der Waals surface area contributed by atoms with E-state index in [0.717, 1.165) is 23.7 Å². The Morgan fingerprint density at radius 1 is 1.40 bits per heavy atom. The van der Waals surface area contributed by atoms with E-state index in [1.807, 2.05) is 12.1 Å². The van der Waals surface area contributed by atoms with Crippen molar-refractivity contribution in [2.24, 2.45) is 5.92 Å². The first-order valence-corrected chi connectivity index (χ1v) is 11.3. The van der Waals surface area contributed by atoms with Crippen molar-refractivity contribution in [2.75, 3.05) is 36.9 Å². The first-order valence-electron chi connectivity index (χ1n) is 8.57. The van der Waals surface area contributed by atoms with Gasteiger partial charge in [-0.1, -0.05) is 6.92 Å². The smallest absolute Gasteiger partial charge is 0.244 e. The molecule has 1 aliphatic heterocycles. The molecule has 1 aliphatic carbocycles. The molecule has 6 nitrogen and oxygen atoms in total. The summed E-state index contributed by atoms with van der Waals surface area (Å²) in [5.41, 5.74) is 0. The van der Waals surface area contributed by atoms with Crippen molar-refractivity contribution in [3.05, 3.63) is 29.7 Å². The number of sulfonamides is 1. The molecule has 2 heterocycles. The van der Waals surface area contributed by atoms with E-state index in [0.29, 0.717) is 30.7 Å². The number of hydrogen-bond donors (Lipinski definition) is 1. The van der Waals surface area contributed by atoms with Crippen LogP contribution in [0.15, 0.2) is 22.6 Å². The molecule has 2 unspecified atom stereocenters. The summed E-state index contributed by atoms with van der Waals surface area (Å²) in [5, 5.41) is 2.62. The first kappa shape index (κ1) is 18.5. The normalized spacial score (nSPS) is 24.5. The van der Waals surface area contributed by atoms with E-state index in [-0.39, 0.29) is 18.2 Å². The molecule has 1 saturated heterocycles. The molecule has 8 heteroatoms. The molecule has 2 aliphatic rings. The van der Waals surface area contributed by atoms with E-state index in [1.165, 1.54) is 10.4 Å². The summed E-state index contributed by atoms with van der Waals surface area (Å²) in [4.78, 5) is 11.8. The number of furan rings is 1. The Morgan fingerprint density at radius 2 is 2.12 bits per heavy atom. The van der Waals surface area contributed by atoms with Gasteiger partial charge in [0.1, 0.15) is 11.5 Å². The number of thioether (sulfide) groups is 1. The summed E-state index contributed by atoms with van der Waals surface area (Å²) < 4.78 is 31.6. The molecule has 1 aromatic heterocycles. The van der Waals surface area contributed by atoms with E-state index < -0.39 is 10.0 Å². The molecule has 0 spiro atoms. The quantitative estimate of drug-likeness (QED) is 0.727. The van der Waals surface area contributed by atoms with Gasteiger partial charge in [0.2, 0.25) is 15.9 Å². The molecular formula is C17H24N2O4S2. The van der Waals surface area contributed by atoms with Gasteiger partial charge >= 0.3 is 0 Å². The second-order valence-electron chi connectivity index (χ2n) is 6.51. The first-order chi connectivity index (χ1) is 12.0. The van der Waals surface area contributed by atoms with Gasteiger partial charge in [-0.15, -0.1) is 0 Å². The van der Waals surface area contributed by atoms with Crippen molar-refractivity contribution in [1.29, 1.82) is 0 Å². The van der Waals surface area contributed by atoms with Gasteiger partial charge in [-0.05, 0) is 30.5 Å². The minimum atomic E-state index is -3.29. The third-order valence-corrected chi connectivity index (χ3v) is 7.36. The Labute approximate surface area is 153 Å². The van der Waals surface area contributed by atoms with Crippen LogP contribution < -0.4 is 5.32 Å². The maximum atomic E-state index is 12.2. The number of nitrogens with one attached hydrogen (secondary N) is 1. The van der Waals surface area contributed by atoms with Crippen LogP contribution in [0.3, 0.4) is 0 Å². The molecule has 0 aromatic carbocycles. The van der Waals surface area contributed by atoms with Crippen molar-refractivity contribution < 1.29 is 17.6 Å². The van der Waals surface area contributed by atoms with Crippen LogP contribution in [0.4, 0.5) is 0 Å². The molecule has 1 amide bonds. The lowest BCUT2D eigenvalue weighted by atomic mass is 10.3. The predicted octanol–water partition coefficient (Wildman–Crippen LogP) is 1.91. The fraction of sp³-hybridized carbons (Fsp3) is 0.588. The number of amides is 1. The van der Waals surface area contributed by atoms with Crippen LogP contribution in [0.25, 0.3) is 6.08 Å². The number of carbonyl (C=O) groups excluding carboxylic acids is 1. The maximum absolute atomic E-state index is 12.2. The van der Waals surface area contributed by atoms with Gasteiger partial charge in [0.05, 0.1) is 5.75 Å². The van der Waals surface area contributed by atoms with Crippen molar-refractivity contribution in [1.82, 2.24) is 9.62 Å². The minimum absolute atomic E-state index is 0.0677. The summed E-state index contributed by atoms with van der Waals surface area (Å²) in [7, 11) is -3.29. The van der Waals surface area contributed by atoms with Gasteiger partial charge in [-0.3, -0.25) is 4.79 Å². The van der Waals surface area contributed by atoms with Crippen molar-refractivity contribution in [2.45, 2.75) is 19.3 Å². The lowest BCUT2D eigenvalue weighted by Gasteiger charge is -2.25. The highest BCUT2D eigenvalue weighted by Crippen LogP contribution is 2.47. The summed E-state index contributed by atoms with van der Waals surface area (Å²) in [6, 6.07) is 3.80. The van der Waals surface area contributed by atoms with Gasteiger partial charge in [0, 0.05) is 43.1 Å². The van der Waals surface area contributed by atoms with Crippen molar-refractivity contribution >= 4 is 33.8 Å². The summed E-state index contributed by atoms with van der Waals surface area (Å²) in [6.07, 6.45) is 4.15. The van der Waals surface area contributed by atoms with Crippen molar-refractivity contribution in [3.8, 4) is 0 Å². The molecule has 2 fully saturated rings. The molecule has 0 bridgehead atoms. The van der Waals surface area contributed by atoms with Crippen LogP contribution in [-0.4, -0.2) is 55.5 Å². The number of hydrogen-bond acceptors (Lipinski definition) is 5. The molecule has 3 rings (SSSR count). The predicted molar refractivity (Wildman–Crippen MR) is 100.0 cm³/mol. The average Bonchev–Trinajstić information content (AvgIpc) is 3.14. The number of carbonyl (C=O) groups is 1. The summed E-state index contributed by atoms with van der Waals surface area (Å²) in [6.45, 7) is 3.41. The van der Waals surface area contributed by atoms with Crippen LogP contribution in [0.5, 0.6) is 0 Å². The number of rotatable bonds is 7. The molecule has 1 aromatic rings. The summed E-state index contributed by atoms with van der Waals surface area (Å²) >= 11 is 1.76. The molecule has 138 valence electrons. The molecular weight excluding hydrogens is 360 g/mol. The fourth-order valence-electron chi connectivity index (χ4n) is 2.85. The van der Waals surface area contributed by atoms with E-state index in [4.69, 9.17) is 4.42 Å². The van der Waals surface area contributed by atoms with Gasteiger partial charge in [-0.2, -0.15) is 11.8 Å².